The number of ether oxygens (including phenoxy) is 3. The number of hydrogen-bond acceptors (Lipinski definition) is 7. The van der Waals surface area contributed by atoms with Crippen molar-refractivity contribution in [3.8, 4) is 0 Å². The maximum absolute atomic E-state index is 13.0. The van der Waals surface area contributed by atoms with Gasteiger partial charge in [-0.2, -0.15) is 0 Å². The van der Waals surface area contributed by atoms with Gasteiger partial charge in [0, 0.05) is 19.3 Å². The Morgan fingerprint density at radius 3 is 0.942 bits per heavy atom. The van der Waals surface area contributed by atoms with Crippen molar-refractivity contribution in [2.45, 2.75) is 329 Å². The highest BCUT2D eigenvalue weighted by Gasteiger charge is 2.26. The van der Waals surface area contributed by atoms with E-state index in [9.17, 15) is 19.5 Å². The SMILES string of the molecule is CCCCCCCCCOC(=O)CCCCCCC[N+](CCO)(CCCCCCCC(=O)OCCCCCCCCC)CCCCCCCC(=O)OC(CCCCCCCC)CCCCCCCC. The molecule has 0 fully saturated rings. The molecule has 410 valence electrons. The van der Waals surface area contributed by atoms with Crippen LogP contribution in [0.25, 0.3) is 0 Å². The first-order chi connectivity index (χ1) is 33.9. The average Bonchev–Trinajstić information content (AvgIpc) is 3.34. The number of carbonyl (C=O) groups is 3. The molecule has 0 atom stereocenters. The Morgan fingerprint density at radius 2 is 0.609 bits per heavy atom. The van der Waals surface area contributed by atoms with Gasteiger partial charge in [-0.3, -0.25) is 14.4 Å². The smallest absolute Gasteiger partial charge is 0.306 e. The van der Waals surface area contributed by atoms with E-state index < -0.39 is 0 Å². The Kier molecular flexibility index (Phi) is 52.8. The number of aliphatic hydroxyl groups excluding tert-OH is 1. The molecule has 0 unspecified atom stereocenters. The first-order valence-electron chi connectivity index (χ1n) is 30.8. The number of aliphatic hydroxyl groups is 1. The molecule has 1 N–H and O–H groups in total. The lowest BCUT2D eigenvalue weighted by atomic mass is 10.0. The predicted octanol–water partition coefficient (Wildman–Crippen LogP) is 17.8. The highest BCUT2D eigenvalue weighted by atomic mass is 16.5. The molecule has 0 rings (SSSR count). The lowest BCUT2D eigenvalue weighted by molar-refractivity contribution is -0.929. The molecule has 0 aromatic carbocycles. The number of hydrogen-bond donors (Lipinski definition) is 1. The van der Waals surface area contributed by atoms with E-state index >= 15 is 0 Å². The van der Waals surface area contributed by atoms with Crippen molar-refractivity contribution < 1.29 is 38.2 Å². The molecule has 8 nitrogen and oxygen atoms in total. The van der Waals surface area contributed by atoms with Crippen LogP contribution in [-0.2, 0) is 28.6 Å². The minimum absolute atomic E-state index is 0.00747. The lowest BCUT2D eigenvalue weighted by Crippen LogP contribution is -2.51. The molecule has 0 bridgehead atoms. The highest BCUT2D eigenvalue weighted by Crippen LogP contribution is 2.21. The van der Waals surface area contributed by atoms with Crippen molar-refractivity contribution in [3.05, 3.63) is 0 Å². The minimum Gasteiger partial charge on any atom is -0.466 e. The molecule has 0 amide bonds. The molecule has 0 saturated heterocycles. The molecular formula is C61H120NO7+. The molecule has 0 aliphatic rings. The Bertz CT molecular complexity index is 1020. The van der Waals surface area contributed by atoms with Crippen LogP contribution in [0.5, 0.6) is 0 Å². The van der Waals surface area contributed by atoms with Gasteiger partial charge in [-0.1, -0.05) is 207 Å². The Labute approximate surface area is 429 Å². The Balaban J connectivity index is 4.85. The Morgan fingerprint density at radius 1 is 0.333 bits per heavy atom. The van der Waals surface area contributed by atoms with Gasteiger partial charge in [0.25, 0.3) is 0 Å². The summed E-state index contributed by atoms with van der Waals surface area (Å²) in [4.78, 5) is 37.6. The fourth-order valence-corrected chi connectivity index (χ4v) is 10.1. The number of unbranched alkanes of at least 4 members (excludes halogenated alkanes) is 34. The molecule has 8 heteroatoms. The number of rotatable bonds is 57. The zero-order valence-electron chi connectivity index (χ0n) is 46.9. The summed E-state index contributed by atoms with van der Waals surface area (Å²) in [5, 5.41) is 10.3. The monoisotopic (exact) mass is 979 g/mol. The fourth-order valence-electron chi connectivity index (χ4n) is 10.1. The van der Waals surface area contributed by atoms with Gasteiger partial charge in [0.2, 0.25) is 0 Å². The number of carbonyl (C=O) groups excluding carboxylic acids is 3. The summed E-state index contributed by atoms with van der Waals surface area (Å²) in [7, 11) is 0. The second kappa shape index (κ2) is 54.1. The van der Waals surface area contributed by atoms with E-state index in [1.807, 2.05) is 0 Å². The van der Waals surface area contributed by atoms with Crippen LogP contribution in [0.15, 0.2) is 0 Å². The molecular weight excluding hydrogens is 859 g/mol. The van der Waals surface area contributed by atoms with E-state index in [4.69, 9.17) is 14.2 Å². The van der Waals surface area contributed by atoms with Crippen LogP contribution in [0.1, 0.15) is 323 Å². The van der Waals surface area contributed by atoms with Crippen molar-refractivity contribution in [2.75, 3.05) is 46.0 Å². The van der Waals surface area contributed by atoms with Crippen LogP contribution in [-0.4, -0.2) is 79.6 Å². The van der Waals surface area contributed by atoms with Gasteiger partial charge < -0.3 is 23.8 Å². The van der Waals surface area contributed by atoms with Crippen LogP contribution < -0.4 is 0 Å². The quantitative estimate of drug-likeness (QED) is 0.0280. The minimum atomic E-state index is -0.0375. The molecule has 0 radical (unpaired) electrons. The number of esters is 3. The van der Waals surface area contributed by atoms with Crippen LogP contribution in [0.4, 0.5) is 0 Å². The first kappa shape index (κ1) is 67.3. The zero-order valence-corrected chi connectivity index (χ0v) is 46.9. The summed E-state index contributed by atoms with van der Waals surface area (Å²) < 4.78 is 18.1. The van der Waals surface area contributed by atoms with Gasteiger partial charge in [0.05, 0.1) is 39.5 Å². The van der Waals surface area contributed by atoms with Crippen molar-refractivity contribution in [2.24, 2.45) is 0 Å². The van der Waals surface area contributed by atoms with E-state index in [1.165, 1.54) is 141 Å². The van der Waals surface area contributed by atoms with E-state index in [0.717, 1.165) is 165 Å². The van der Waals surface area contributed by atoms with Gasteiger partial charge in [0.1, 0.15) is 12.6 Å². The van der Waals surface area contributed by atoms with Crippen LogP contribution in [0.2, 0.25) is 0 Å². The summed E-state index contributed by atoms with van der Waals surface area (Å²) in [5.41, 5.74) is 0. The second-order valence-electron chi connectivity index (χ2n) is 21.4. The van der Waals surface area contributed by atoms with Gasteiger partial charge in [-0.15, -0.1) is 0 Å². The fraction of sp³-hybridized carbons (Fsp3) is 0.951. The van der Waals surface area contributed by atoms with Crippen LogP contribution >= 0.6 is 0 Å². The molecule has 0 aliphatic heterocycles. The van der Waals surface area contributed by atoms with Crippen molar-refractivity contribution in [3.63, 3.8) is 0 Å². The highest BCUT2D eigenvalue weighted by molar-refractivity contribution is 5.70. The summed E-state index contributed by atoms with van der Waals surface area (Å²) in [5.74, 6) is -0.0675. The zero-order chi connectivity index (χ0) is 50.4. The summed E-state index contributed by atoms with van der Waals surface area (Å²) in [6, 6.07) is 0. The third-order valence-electron chi connectivity index (χ3n) is 14.7. The lowest BCUT2D eigenvalue weighted by Gasteiger charge is -2.39. The molecule has 69 heavy (non-hydrogen) atoms. The van der Waals surface area contributed by atoms with Gasteiger partial charge in [-0.05, 0) is 96.3 Å². The summed E-state index contributed by atoms with van der Waals surface area (Å²) >= 11 is 0. The topological polar surface area (TPSA) is 99.1 Å². The van der Waals surface area contributed by atoms with Crippen molar-refractivity contribution in [1.29, 1.82) is 0 Å². The third-order valence-corrected chi connectivity index (χ3v) is 14.7. The summed E-state index contributed by atoms with van der Waals surface area (Å²) in [6.07, 6.45) is 52.4. The van der Waals surface area contributed by atoms with Crippen LogP contribution in [0.3, 0.4) is 0 Å². The molecule has 0 saturated carbocycles. The molecule has 0 aromatic heterocycles. The average molecular weight is 980 g/mol. The Hall–Kier alpha value is -1.67. The van der Waals surface area contributed by atoms with E-state index in [2.05, 4.69) is 27.7 Å². The number of quaternary nitrogens is 1. The molecule has 0 aliphatic carbocycles. The van der Waals surface area contributed by atoms with E-state index in [1.54, 1.807) is 0 Å². The third kappa shape index (κ3) is 48.4. The second-order valence-corrected chi connectivity index (χ2v) is 21.4. The largest absolute Gasteiger partial charge is 0.466 e. The molecule has 0 heterocycles. The predicted molar refractivity (Wildman–Crippen MR) is 294 cm³/mol. The maximum atomic E-state index is 13.0. The van der Waals surface area contributed by atoms with Gasteiger partial charge in [-0.25, -0.2) is 0 Å². The normalized spacial score (nSPS) is 11.7. The standard InChI is InChI=1S/C61H120NO7/c1-5-9-13-17-21-34-44-56-67-59(64)48-38-28-23-31-41-51-62(54-55-63,52-42-32-24-29-39-49-60(65)68-57-45-35-22-18-14-10-6-2)53-43-33-25-30-40-50-61(66)69-58(46-36-26-19-15-11-7-3)47-37-27-20-16-12-8-4/h58,63H,5-57H2,1-4H3/q+1. The van der Waals surface area contributed by atoms with E-state index in [0.29, 0.717) is 32.5 Å². The number of nitrogens with zero attached hydrogens (tertiary/aromatic N) is 1. The molecule has 0 aromatic rings. The van der Waals surface area contributed by atoms with Crippen molar-refractivity contribution in [1.82, 2.24) is 0 Å². The first-order valence-corrected chi connectivity index (χ1v) is 30.8. The molecule has 0 spiro atoms. The van der Waals surface area contributed by atoms with Crippen LogP contribution in [0, 0.1) is 0 Å². The van der Waals surface area contributed by atoms with E-state index in [-0.39, 0.29) is 30.6 Å². The van der Waals surface area contributed by atoms with Gasteiger partial charge >= 0.3 is 17.9 Å². The summed E-state index contributed by atoms with van der Waals surface area (Å²) in [6.45, 7) is 14.5. The van der Waals surface area contributed by atoms with Gasteiger partial charge in [0.15, 0.2) is 0 Å². The van der Waals surface area contributed by atoms with Crippen molar-refractivity contribution >= 4 is 17.9 Å². The maximum Gasteiger partial charge on any atom is 0.306 e.